The topological polar surface area (TPSA) is 51.9 Å². The smallest absolute Gasteiger partial charge is 0.290 e. The second kappa shape index (κ2) is 7.21. The van der Waals surface area contributed by atoms with Crippen LogP contribution in [0.5, 0.6) is 11.5 Å². The van der Waals surface area contributed by atoms with E-state index in [9.17, 15) is 4.79 Å². The highest BCUT2D eigenvalue weighted by Crippen LogP contribution is 2.37. The lowest BCUT2D eigenvalue weighted by Gasteiger charge is -2.25. The highest BCUT2D eigenvalue weighted by molar-refractivity contribution is 7.98. The van der Waals surface area contributed by atoms with Crippen molar-refractivity contribution >= 4 is 17.7 Å². The van der Waals surface area contributed by atoms with Crippen LogP contribution in [-0.4, -0.2) is 37.8 Å². The molecule has 128 valence electrons. The van der Waals surface area contributed by atoms with Gasteiger partial charge < -0.3 is 18.8 Å². The average Bonchev–Trinajstić information content (AvgIpc) is 3.29. The summed E-state index contributed by atoms with van der Waals surface area (Å²) in [4.78, 5) is 14.7. The maximum atomic E-state index is 12.8. The van der Waals surface area contributed by atoms with Gasteiger partial charge >= 0.3 is 0 Å². The van der Waals surface area contributed by atoms with Gasteiger partial charge in [-0.15, -0.1) is 0 Å². The lowest BCUT2D eigenvalue weighted by molar-refractivity contribution is 0.0697. The van der Waals surface area contributed by atoms with E-state index >= 15 is 0 Å². The van der Waals surface area contributed by atoms with Gasteiger partial charge in [-0.25, -0.2) is 0 Å². The number of furan rings is 1. The minimum absolute atomic E-state index is 0.0279. The fraction of sp³-hybridized carbons (Fsp3) is 0.389. The maximum absolute atomic E-state index is 12.8. The third-order valence-corrected chi connectivity index (χ3v) is 4.92. The van der Waals surface area contributed by atoms with Gasteiger partial charge in [-0.05, 0) is 48.9 Å². The molecule has 1 unspecified atom stereocenters. The van der Waals surface area contributed by atoms with E-state index in [4.69, 9.17) is 13.9 Å². The van der Waals surface area contributed by atoms with Gasteiger partial charge in [0.25, 0.3) is 5.91 Å². The van der Waals surface area contributed by atoms with Crippen molar-refractivity contribution < 1.29 is 18.7 Å². The highest BCUT2D eigenvalue weighted by Gasteiger charge is 2.32. The Hall–Kier alpha value is -2.08. The summed E-state index contributed by atoms with van der Waals surface area (Å²) < 4.78 is 16.3. The number of hydrogen-bond acceptors (Lipinski definition) is 5. The summed E-state index contributed by atoms with van der Waals surface area (Å²) in [7, 11) is 3.23. The van der Waals surface area contributed by atoms with Gasteiger partial charge in [-0.1, -0.05) is 17.8 Å². The molecule has 6 heteroatoms. The zero-order chi connectivity index (χ0) is 17.1. The summed E-state index contributed by atoms with van der Waals surface area (Å²) in [6.07, 6.45) is 3.83. The lowest BCUT2D eigenvalue weighted by atomic mass is 10.0. The summed E-state index contributed by atoms with van der Waals surface area (Å²) in [6, 6.07) is 9.43. The van der Waals surface area contributed by atoms with Gasteiger partial charge in [0.1, 0.15) is 0 Å². The molecule has 0 radical (unpaired) electrons. The molecule has 0 bridgehead atoms. The number of methoxy groups -OCH3 is 2. The Morgan fingerprint density at radius 2 is 2.00 bits per heavy atom. The molecule has 24 heavy (non-hydrogen) atoms. The highest BCUT2D eigenvalue weighted by atomic mass is 32.2. The minimum Gasteiger partial charge on any atom is -0.493 e. The molecule has 1 aliphatic rings. The first-order valence-corrected chi connectivity index (χ1v) is 9.07. The van der Waals surface area contributed by atoms with Gasteiger partial charge in [0, 0.05) is 6.54 Å². The molecule has 1 atom stereocenters. The molecule has 0 N–H and O–H groups in total. The van der Waals surface area contributed by atoms with Crippen molar-refractivity contribution in [2.45, 2.75) is 24.0 Å². The number of thioether (sulfide) groups is 1. The van der Waals surface area contributed by atoms with Crippen molar-refractivity contribution in [3.63, 3.8) is 0 Å². The molecule has 1 amide bonds. The molecule has 2 heterocycles. The molecule has 5 nitrogen and oxygen atoms in total. The summed E-state index contributed by atoms with van der Waals surface area (Å²) in [5.41, 5.74) is 1.05. The molecule has 1 aromatic carbocycles. The van der Waals surface area contributed by atoms with Crippen LogP contribution in [0.1, 0.15) is 35.0 Å². The third kappa shape index (κ3) is 3.11. The fourth-order valence-electron chi connectivity index (χ4n) is 3.10. The number of amides is 1. The molecule has 2 aromatic rings. The van der Waals surface area contributed by atoms with Crippen LogP contribution in [0.25, 0.3) is 0 Å². The summed E-state index contributed by atoms with van der Waals surface area (Å²) in [5.74, 6) is 1.70. The van der Waals surface area contributed by atoms with Crippen LogP contribution >= 0.6 is 11.8 Å². The monoisotopic (exact) mass is 347 g/mol. The van der Waals surface area contributed by atoms with Crippen LogP contribution < -0.4 is 9.47 Å². The van der Waals surface area contributed by atoms with E-state index in [0.717, 1.165) is 30.0 Å². The molecule has 3 rings (SSSR count). The molecule has 0 spiro atoms. The largest absolute Gasteiger partial charge is 0.493 e. The normalized spacial score (nSPS) is 17.1. The standard InChI is InChI=1S/C18H21NO4S/c1-21-14-7-6-12(11-16(14)22-2)13-5-4-10-19(13)18(20)15-8-9-17(23-15)24-3/h6-9,11,13H,4-5,10H2,1-3H3. The SMILES string of the molecule is COc1ccc(C2CCCN2C(=O)c2ccc(SC)o2)cc1OC. The summed E-state index contributed by atoms with van der Waals surface area (Å²) >= 11 is 1.49. The average molecular weight is 347 g/mol. The molecular formula is C18H21NO4S. The van der Waals surface area contributed by atoms with E-state index in [1.54, 1.807) is 20.3 Å². The zero-order valence-electron chi connectivity index (χ0n) is 14.1. The number of ether oxygens (including phenoxy) is 2. The summed E-state index contributed by atoms with van der Waals surface area (Å²) in [5, 5.41) is 0.750. The van der Waals surface area contributed by atoms with E-state index in [2.05, 4.69) is 0 Å². The van der Waals surface area contributed by atoms with E-state index in [-0.39, 0.29) is 11.9 Å². The first-order chi connectivity index (χ1) is 11.7. The first kappa shape index (κ1) is 16.8. The van der Waals surface area contributed by atoms with Gasteiger partial charge in [0.15, 0.2) is 22.4 Å². The van der Waals surface area contributed by atoms with Crippen molar-refractivity contribution in [2.24, 2.45) is 0 Å². The van der Waals surface area contributed by atoms with Crippen LogP contribution in [0, 0.1) is 0 Å². The third-order valence-electron chi connectivity index (χ3n) is 4.30. The summed E-state index contributed by atoms with van der Waals surface area (Å²) in [6.45, 7) is 0.729. The second-order valence-electron chi connectivity index (χ2n) is 5.59. The van der Waals surface area contributed by atoms with E-state index in [1.165, 1.54) is 11.8 Å². The fourth-order valence-corrected chi connectivity index (χ4v) is 3.48. The number of nitrogens with zero attached hydrogens (tertiary/aromatic N) is 1. The van der Waals surface area contributed by atoms with Crippen molar-refractivity contribution in [2.75, 3.05) is 27.0 Å². The maximum Gasteiger partial charge on any atom is 0.290 e. The van der Waals surface area contributed by atoms with Gasteiger partial charge in [-0.3, -0.25) is 4.79 Å². The van der Waals surface area contributed by atoms with Crippen molar-refractivity contribution in [1.82, 2.24) is 4.90 Å². The van der Waals surface area contributed by atoms with Gasteiger partial charge in [0.05, 0.1) is 20.3 Å². The lowest BCUT2D eigenvalue weighted by Crippen LogP contribution is -2.30. The van der Waals surface area contributed by atoms with Crippen molar-refractivity contribution in [3.05, 3.63) is 41.7 Å². The minimum atomic E-state index is -0.0624. The second-order valence-corrected chi connectivity index (χ2v) is 6.40. The Balaban J connectivity index is 1.86. The van der Waals surface area contributed by atoms with Crippen molar-refractivity contribution in [1.29, 1.82) is 0 Å². The number of carbonyl (C=O) groups excluding carboxylic acids is 1. The zero-order valence-corrected chi connectivity index (χ0v) is 14.9. The number of hydrogen-bond donors (Lipinski definition) is 0. The Labute approximate surface area is 145 Å². The number of benzene rings is 1. The molecule has 1 saturated heterocycles. The van der Waals surface area contributed by atoms with E-state index in [0.29, 0.717) is 17.3 Å². The number of likely N-dealkylation sites (tertiary alicyclic amines) is 1. The van der Waals surface area contributed by atoms with Gasteiger partial charge in [0.2, 0.25) is 0 Å². The molecule has 1 fully saturated rings. The van der Waals surface area contributed by atoms with E-state index < -0.39 is 0 Å². The molecular weight excluding hydrogens is 326 g/mol. The Morgan fingerprint density at radius 3 is 2.67 bits per heavy atom. The van der Waals surface area contributed by atoms with E-state index in [1.807, 2.05) is 35.4 Å². The quantitative estimate of drug-likeness (QED) is 0.765. The van der Waals surface area contributed by atoms with Crippen LogP contribution in [0.3, 0.4) is 0 Å². The Kier molecular flexibility index (Phi) is 5.04. The molecule has 0 aliphatic carbocycles. The van der Waals surface area contributed by atoms with Gasteiger partial charge in [-0.2, -0.15) is 0 Å². The first-order valence-electron chi connectivity index (χ1n) is 7.84. The number of carbonyl (C=O) groups is 1. The van der Waals surface area contributed by atoms with Crippen LogP contribution in [-0.2, 0) is 0 Å². The predicted molar refractivity (Wildman–Crippen MR) is 93.0 cm³/mol. The van der Waals surface area contributed by atoms with Crippen LogP contribution in [0.15, 0.2) is 39.8 Å². The van der Waals surface area contributed by atoms with Crippen LogP contribution in [0.4, 0.5) is 0 Å². The Bertz CT molecular complexity index is 728. The number of rotatable bonds is 5. The molecule has 1 aromatic heterocycles. The molecule has 0 saturated carbocycles. The Morgan fingerprint density at radius 1 is 1.21 bits per heavy atom. The van der Waals surface area contributed by atoms with Crippen LogP contribution in [0.2, 0.25) is 0 Å². The predicted octanol–water partition coefficient (Wildman–Crippen LogP) is 4.00. The molecule has 1 aliphatic heterocycles. The van der Waals surface area contributed by atoms with Crippen molar-refractivity contribution in [3.8, 4) is 11.5 Å².